The van der Waals surface area contributed by atoms with Crippen LogP contribution in [0, 0.1) is 11.7 Å². The van der Waals surface area contributed by atoms with Gasteiger partial charge in [0.2, 0.25) is 5.91 Å². The van der Waals surface area contributed by atoms with Gasteiger partial charge in [0, 0.05) is 30.7 Å². The molecule has 3 N–H and O–H groups in total. The number of aliphatic hydroxyl groups excluding tert-OH is 1. The van der Waals surface area contributed by atoms with E-state index >= 15 is 0 Å². The molecule has 23 heavy (non-hydrogen) atoms. The van der Waals surface area contributed by atoms with Crippen molar-refractivity contribution >= 4 is 17.5 Å². The van der Waals surface area contributed by atoms with Gasteiger partial charge in [0.25, 0.3) is 5.91 Å². The Labute approximate surface area is 134 Å². The lowest BCUT2D eigenvalue weighted by Crippen LogP contribution is -2.43. The van der Waals surface area contributed by atoms with Crippen molar-refractivity contribution in [1.82, 2.24) is 5.32 Å². The molecule has 5 nitrogen and oxygen atoms in total. The van der Waals surface area contributed by atoms with Crippen LogP contribution in [0.2, 0.25) is 0 Å². The predicted octanol–water partition coefficient (Wildman–Crippen LogP) is 1.99. The number of amides is 2. The zero-order valence-electron chi connectivity index (χ0n) is 12.9. The van der Waals surface area contributed by atoms with Gasteiger partial charge in [0.05, 0.1) is 5.56 Å². The van der Waals surface area contributed by atoms with Crippen molar-refractivity contribution in [2.75, 3.05) is 11.9 Å². The zero-order valence-corrected chi connectivity index (χ0v) is 12.9. The van der Waals surface area contributed by atoms with E-state index in [1.54, 1.807) is 0 Å². The molecular weight excluding hydrogens is 299 g/mol. The Hall–Kier alpha value is -1.95. The molecule has 1 aromatic carbocycles. The van der Waals surface area contributed by atoms with Crippen molar-refractivity contribution in [2.45, 2.75) is 44.6 Å². The molecule has 124 valence electrons. The molecule has 2 atom stereocenters. The fraction of sp³-hybridized carbons (Fsp3) is 0.529. The summed E-state index contributed by atoms with van der Waals surface area (Å²) in [6.07, 6.45) is 4.57. The first-order valence-electron chi connectivity index (χ1n) is 8.12. The van der Waals surface area contributed by atoms with Crippen LogP contribution in [0.25, 0.3) is 0 Å². The summed E-state index contributed by atoms with van der Waals surface area (Å²) in [7, 11) is 0. The Balaban J connectivity index is 1.78. The molecule has 1 aliphatic carbocycles. The van der Waals surface area contributed by atoms with Gasteiger partial charge in [-0.2, -0.15) is 0 Å². The first-order chi connectivity index (χ1) is 11.1. The quantitative estimate of drug-likeness (QED) is 0.797. The Bertz CT molecular complexity index is 633. The van der Waals surface area contributed by atoms with Gasteiger partial charge in [-0.05, 0) is 37.0 Å². The van der Waals surface area contributed by atoms with Crippen molar-refractivity contribution in [3.63, 3.8) is 0 Å². The van der Waals surface area contributed by atoms with Gasteiger partial charge < -0.3 is 15.7 Å². The van der Waals surface area contributed by atoms with E-state index in [9.17, 15) is 19.1 Å². The monoisotopic (exact) mass is 320 g/mol. The third-order valence-corrected chi connectivity index (χ3v) is 4.79. The second-order valence-corrected chi connectivity index (χ2v) is 6.34. The first kappa shape index (κ1) is 15.9. The number of carbonyl (C=O) groups is 2. The molecule has 1 heterocycles. The fourth-order valence-electron chi connectivity index (χ4n) is 3.44. The number of halogens is 1. The van der Waals surface area contributed by atoms with Crippen LogP contribution in [0.1, 0.15) is 48.0 Å². The molecule has 2 aliphatic rings. The number of nitrogens with one attached hydrogen (secondary N) is 2. The predicted molar refractivity (Wildman–Crippen MR) is 83.6 cm³/mol. The minimum absolute atomic E-state index is 0.00200. The average molecular weight is 320 g/mol. The van der Waals surface area contributed by atoms with Crippen LogP contribution in [-0.2, 0) is 11.2 Å². The van der Waals surface area contributed by atoms with Crippen molar-refractivity contribution < 1.29 is 19.1 Å². The normalized spacial score (nSPS) is 23.8. The summed E-state index contributed by atoms with van der Waals surface area (Å²) in [5, 5.41) is 14.9. The molecule has 0 radical (unpaired) electrons. The van der Waals surface area contributed by atoms with E-state index in [2.05, 4.69) is 10.6 Å². The van der Waals surface area contributed by atoms with Crippen LogP contribution in [0.4, 0.5) is 10.1 Å². The molecule has 6 heteroatoms. The molecule has 0 bridgehead atoms. The number of aliphatic hydroxyl groups is 1. The van der Waals surface area contributed by atoms with E-state index in [4.69, 9.17) is 0 Å². The second-order valence-electron chi connectivity index (χ2n) is 6.34. The Kier molecular flexibility index (Phi) is 4.61. The molecular formula is C17H21FN2O3. The van der Waals surface area contributed by atoms with Gasteiger partial charge in [0.1, 0.15) is 5.82 Å². The molecule has 1 aliphatic heterocycles. The molecule has 1 saturated carbocycles. The van der Waals surface area contributed by atoms with Crippen LogP contribution >= 0.6 is 0 Å². The fourth-order valence-corrected chi connectivity index (χ4v) is 3.44. The summed E-state index contributed by atoms with van der Waals surface area (Å²) in [5.41, 5.74) is 1.22. The zero-order chi connectivity index (χ0) is 16.4. The van der Waals surface area contributed by atoms with Gasteiger partial charge in [-0.1, -0.05) is 12.8 Å². The van der Waals surface area contributed by atoms with Crippen molar-refractivity contribution in [2.24, 2.45) is 5.92 Å². The highest BCUT2D eigenvalue weighted by molar-refractivity contribution is 5.98. The third kappa shape index (κ3) is 3.37. The minimum atomic E-state index is -0.639. The first-order valence-corrected chi connectivity index (χ1v) is 8.12. The number of fused-ring (bicyclic) bond motifs is 1. The van der Waals surface area contributed by atoms with Gasteiger partial charge >= 0.3 is 0 Å². The summed E-state index contributed by atoms with van der Waals surface area (Å²) in [6.45, 7) is 0.0314. The molecule has 0 aromatic heterocycles. The summed E-state index contributed by atoms with van der Waals surface area (Å²) in [5.74, 6) is -1.19. The lowest BCUT2D eigenvalue weighted by Gasteiger charge is -2.31. The molecule has 1 aromatic rings. The summed E-state index contributed by atoms with van der Waals surface area (Å²) >= 11 is 0. The van der Waals surface area contributed by atoms with Gasteiger partial charge in [-0.25, -0.2) is 4.39 Å². The number of benzene rings is 1. The number of hydrogen-bond acceptors (Lipinski definition) is 3. The van der Waals surface area contributed by atoms with E-state index in [-0.39, 0.29) is 30.0 Å². The lowest BCUT2D eigenvalue weighted by molar-refractivity contribution is -0.116. The van der Waals surface area contributed by atoms with Crippen LogP contribution < -0.4 is 10.6 Å². The summed E-state index contributed by atoms with van der Waals surface area (Å²) < 4.78 is 14.2. The number of hydrogen-bond donors (Lipinski definition) is 3. The van der Waals surface area contributed by atoms with Crippen LogP contribution in [0.3, 0.4) is 0 Å². The number of rotatable bonds is 3. The highest BCUT2D eigenvalue weighted by Gasteiger charge is 2.28. The standard InChI is InChI=1S/C17H21FN2O3/c18-13-8-15-10(5-6-16(22)19-15)7-12(13)17(23)20-14-4-2-1-3-11(14)9-21/h7-8,11,14,21H,1-6,9H2,(H,19,22)(H,20,23). The Morgan fingerprint density at radius 3 is 2.87 bits per heavy atom. The van der Waals surface area contributed by atoms with Gasteiger partial charge in [-0.15, -0.1) is 0 Å². The average Bonchev–Trinajstić information content (AvgIpc) is 2.54. The van der Waals surface area contributed by atoms with E-state index in [1.165, 1.54) is 12.1 Å². The van der Waals surface area contributed by atoms with Gasteiger partial charge in [0.15, 0.2) is 0 Å². The number of carbonyl (C=O) groups excluding carboxylic acids is 2. The topological polar surface area (TPSA) is 78.4 Å². The van der Waals surface area contributed by atoms with Crippen LogP contribution in [0.15, 0.2) is 12.1 Å². The van der Waals surface area contributed by atoms with Crippen molar-refractivity contribution in [3.05, 3.63) is 29.1 Å². The molecule has 0 spiro atoms. The van der Waals surface area contributed by atoms with Crippen molar-refractivity contribution in [1.29, 1.82) is 0 Å². The molecule has 2 unspecified atom stereocenters. The molecule has 1 fully saturated rings. The summed E-state index contributed by atoms with van der Waals surface area (Å²) in [4.78, 5) is 23.8. The molecule has 2 amide bonds. The highest BCUT2D eigenvalue weighted by atomic mass is 19.1. The smallest absolute Gasteiger partial charge is 0.254 e. The minimum Gasteiger partial charge on any atom is -0.396 e. The number of anilines is 1. The van der Waals surface area contributed by atoms with Crippen molar-refractivity contribution in [3.8, 4) is 0 Å². The second kappa shape index (κ2) is 6.66. The number of aryl methyl sites for hydroxylation is 1. The van der Waals surface area contributed by atoms with E-state index in [1.807, 2.05) is 0 Å². The maximum Gasteiger partial charge on any atom is 0.254 e. The maximum absolute atomic E-state index is 14.2. The lowest BCUT2D eigenvalue weighted by atomic mass is 9.85. The SMILES string of the molecule is O=C1CCc2cc(C(=O)NC3CCCCC3CO)c(F)cc2N1. The Morgan fingerprint density at radius 2 is 2.09 bits per heavy atom. The van der Waals surface area contributed by atoms with Crippen LogP contribution in [-0.4, -0.2) is 29.6 Å². The molecule has 3 rings (SSSR count). The largest absolute Gasteiger partial charge is 0.396 e. The van der Waals surface area contributed by atoms with Crippen LogP contribution in [0.5, 0.6) is 0 Å². The van der Waals surface area contributed by atoms with E-state index in [0.717, 1.165) is 31.2 Å². The highest BCUT2D eigenvalue weighted by Crippen LogP contribution is 2.27. The maximum atomic E-state index is 14.2. The molecule has 0 saturated heterocycles. The van der Waals surface area contributed by atoms with E-state index in [0.29, 0.717) is 18.5 Å². The summed E-state index contributed by atoms with van der Waals surface area (Å²) in [6, 6.07) is 2.62. The van der Waals surface area contributed by atoms with Gasteiger partial charge in [-0.3, -0.25) is 9.59 Å². The third-order valence-electron chi connectivity index (χ3n) is 4.79. The van der Waals surface area contributed by atoms with E-state index < -0.39 is 11.7 Å². The Morgan fingerprint density at radius 1 is 1.30 bits per heavy atom.